The Hall–Kier alpha value is -3.16. The number of hydrogen-bond acceptors (Lipinski definition) is 4. The van der Waals surface area contributed by atoms with E-state index in [-0.39, 0.29) is 17.3 Å². The van der Waals surface area contributed by atoms with E-state index in [1.165, 1.54) is 25.2 Å². The molecule has 0 radical (unpaired) electrons. The second-order valence-corrected chi connectivity index (χ2v) is 5.39. The number of rotatable bonds is 7. The highest BCUT2D eigenvalue weighted by molar-refractivity contribution is 5.98. The van der Waals surface area contributed by atoms with E-state index in [0.29, 0.717) is 11.3 Å². The highest BCUT2D eigenvalue weighted by atomic mass is 19.3. The molecule has 0 spiro atoms. The quantitative estimate of drug-likeness (QED) is 0.706. The van der Waals surface area contributed by atoms with Crippen molar-refractivity contribution in [1.82, 2.24) is 5.32 Å². The van der Waals surface area contributed by atoms with Gasteiger partial charge in [-0.25, -0.2) is 0 Å². The first-order valence-corrected chi connectivity index (χ1v) is 7.84. The van der Waals surface area contributed by atoms with Crippen LogP contribution in [0.2, 0.25) is 0 Å². The smallest absolute Gasteiger partial charge is 0.387 e. The number of carbonyl (C=O) groups excluding carboxylic acids is 2. The van der Waals surface area contributed by atoms with Crippen molar-refractivity contribution in [3.63, 3.8) is 0 Å². The maximum atomic E-state index is 12.4. The number of para-hydroxylation sites is 2. The summed E-state index contributed by atoms with van der Waals surface area (Å²) in [5.41, 5.74) is 1.16. The molecule has 0 aliphatic heterocycles. The second-order valence-electron chi connectivity index (χ2n) is 5.39. The third-order valence-corrected chi connectivity index (χ3v) is 3.49. The number of amides is 2. The summed E-state index contributed by atoms with van der Waals surface area (Å²) in [7, 11) is 1.53. The lowest BCUT2D eigenvalue weighted by atomic mass is 10.1. The van der Waals surface area contributed by atoms with Crippen molar-refractivity contribution in [3.05, 3.63) is 54.1 Å². The minimum Gasteiger partial charge on any atom is -0.433 e. The molecule has 0 aromatic heterocycles. The van der Waals surface area contributed by atoms with Crippen molar-refractivity contribution in [1.29, 1.82) is 0 Å². The van der Waals surface area contributed by atoms with E-state index < -0.39 is 18.6 Å². The zero-order chi connectivity index (χ0) is 19.1. The van der Waals surface area contributed by atoms with Crippen molar-refractivity contribution in [2.45, 2.75) is 19.6 Å². The SMILES string of the molecule is CNC(=O)c1cccc(NC(C)C(=O)Nc2ccccc2OC(F)F)c1. The number of anilines is 2. The van der Waals surface area contributed by atoms with Gasteiger partial charge in [0, 0.05) is 18.3 Å². The first kappa shape index (κ1) is 19.2. The highest BCUT2D eigenvalue weighted by Gasteiger charge is 2.16. The molecular weight excluding hydrogens is 344 g/mol. The molecule has 0 saturated carbocycles. The normalized spacial score (nSPS) is 11.6. The van der Waals surface area contributed by atoms with Crippen LogP contribution in [-0.2, 0) is 4.79 Å². The van der Waals surface area contributed by atoms with Gasteiger partial charge in [0.05, 0.1) is 5.69 Å². The Morgan fingerprint density at radius 2 is 1.81 bits per heavy atom. The summed E-state index contributed by atoms with van der Waals surface area (Å²) in [6.45, 7) is -1.38. The molecule has 3 N–H and O–H groups in total. The van der Waals surface area contributed by atoms with Gasteiger partial charge in [0.2, 0.25) is 5.91 Å². The van der Waals surface area contributed by atoms with Crippen LogP contribution in [0.1, 0.15) is 17.3 Å². The highest BCUT2D eigenvalue weighted by Crippen LogP contribution is 2.25. The zero-order valence-electron chi connectivity index (χ0n) is 14.3. The molecule has 0 bridgehead atoms. The molecule has 2 aromatic rings. The van der Waals surface area contributed by atoms with Crippen LogP contribution in [0.15, 0.2) is 48.5 Å². The summed E-state index contributed by atoms with van der Waals surface area (Å²) in [4.78, 5) is 24.0. The van der Waals surface area contributed by atoms with Gasteiger partial charge in [0.1, 0.15) is 11.8 Å². The minimum atomic E-state index is -2.99. The van der Waals surface area contributed by atoms with Crippen LogP contribution in [0.25, 0.3) is 0 Å². The molecule has 0 heterocycles. The van der Waals surface area contributed by atoms with Gasteiger partial charge in [0.15, 0.2) is 0 Å². The van der Waals surface area contributed by atoms with Crippen molar-refractivity contribution in [2.24, 2.45) is 0 Å². The molecule has 6 nitrogen and oxygen atoms in total. The van der Waals surface area contributed by atoms with Gasteiger partial charge >= 0.3 is 6.61 Å². The molecule has 1 unspecified atom stereocenters. The lowest BCUT2D eigenvalue weighted by molar-refractivity contribution is -0.116. The Bertz CT molecular complexity index is 784. The molecule has 2 amide bonds. The zero-order valence-corrected chi connectivity index (χ0v) is 14.3. The van der Waals surface area contributed by atoms with E-state index in [9.17, 15) is 18.4 Å². The molecule has 0 aliphatic carbocycles. The second kappa shape index (κ2) is 8.80. The van der Waals surface area contributed by atoms with Gasteiger partial charge in [-0.1, -0.05) is 18.2 Å². The van der Waals surface area contributed by atoms with Gasteiger partial charge in [-0.05, 0) is 37.3 Å². The number of benzene rings is 2. The Morgan fingerprint density at radius 1 is 1.08 bits per heavy atom. The van der Waals surface area contributed by atoms with E-state index in [1.54, 1.807) is 37.3 Å². The number of ether oxygens (including phenoxy) is 1. The van der Waals surface area contributed by atoms with Crippen molar-refractivity contribution in [3.8, 4) is 5.75 Å². The van der Waals surface area contributed by atoms with E-state index in [0.717, 1.165) is 0 Å². The fraction of sp³-hybridized carbons (Fsp3) is 0.222. The van der Waals surface area contributed by atoms with Gasteiger partial charge in [0.25, 0.3) is 5.91 Å². The van der Waals surface area contributed by atoms with E-state index in [1.807, 2.05) is 0 Å². The summed E-state index contributed by atoms with van der Waals surface area (Å²) in [5, 5.41) is 8.02. The Kier molecular flexibility index (Phi) is 6.48. The summed E-state index contributed by atoms with van der Waals surface area (Å²) >= 11 is 0. The van der Waals surface area contributed by atoms with Crippen molar-refractivity contribution < 1.29 is 23.1 Å². The Balaban J connectivity index is 2.06. The van der Waals surface area contributed by atoms with Gasteiger partial charge in [-0.15, -0.1) is 0 Å². The minimum absolute atomic E-state index is 0.121. The third-order valence-electron chi connectivity index (χ3n) is 3.49. The first-order valence-electron chi connectivity index (χ1n) is 7.84. The molecule has 8 heteroatoms. The lowest BCUT2D eigenvalue weighted by Crippen LogP contribution is -2.32. The van der Waals surface area contributed by atoms with Crippen LogP contribution in [0.3, 0.4) is 0 Å². The van der Waals surface area contributed by atoms with Crippen LogP contribution in [0.5, 0.6) is 5.75 Å². The predicted octanol–water partition coefficient (Wildman–Crippen LogP) is 3.09. The number of hydrogen-bond donors (Lipinski definition) is 3. The monoisotopic (exact) mass is 363 g/mol. The number of nitrogens with one attached hydrogen (secondary N) is 3. The summed E-state index contributed by atoms with van der Waals surface area (Å²) < 4.78 is 29.3. The van der Waals surface area contributed by atoms with Crippen LogP contribution in [0, 0.1) is 0 Å². The molecule has 0 aliphatic rings. The van der Waals surface area contributed by atoms with Gasteiger partial charge in [-0.2, -0.15) is 8.78 Å². The largest absolute Gasteiger partial charge is 0.433 e. The lowest BCUT2D eigenvalue weighted by Gasteiger charge is -2.17. The molecule has 1 atom stereocenters. The van der Waals surface area contributed by atoms with Crippen LogP contribution in [-0.4, -0.2) is 31.5 Å². The average molecular weight is 363 g/mol. The standard InChI is InChI=1S/C18H19F2N3O3/c1-11(22-13-7-5-6-12(10-13)17(25)21-2)16(24)23-14-8-3-4-9-15(14)26-18(19)20/h3-11,18,22H,1-2H3,(H,21,25)(H,23,24). The molecule has 26 heavy (non-hydrogen) atoms. The topological polar surface area (TPSA) is 79.5 Å². The molecule has 138 valence electrons. The number of carbonyl (C=O) groups is 2. The predicted molar refractivity (Wildman–Crippen MR) is 94.6 cm³/mol. The Labute approximate surface area is 149 Å². The fourth-order valence-electron chi connectivity index (χ4n) is 2.22. The van der Waals surface area contributed by atoms with Crippen molar-refractivity contribution in [2.75, 3.05) is 17.7 Å². The van der Waals surface area contributed by atoms with E-state index >= 15 is 0 Å². The first-order chi connectivity index (χ1) is 12.4. The maximum absolute atomic E-state index is 12.4. The van der Waals surface area contributed by atoms with E-state index in [4.69, 9.17) is 0 Å². The number of halogens is 2. The molecular formula is C18H19F2N3O3. The van der Waals surface area contributed by atoms with Crippen molar-refractivity contribution >= 4 is 23.2 Å². The molecule has 0 saturated heterocycles. The van der Waals surface area contributed by atoms with Gasteiger partial charge < -0.3 is 20.7 Å². The molecule has 2 rings (SSSR count). The molecule has 0 fully saturated rings. The summed E-state index contributed by atoms with van der Waals surface area (Å²) in [6.07, 6.45) is 0. The van der Waals surface area contributed by atoms with Gasteiger partial charge in [-0.3, -0.25) is 9.59 Å². The fourth-order valence-corrected chi connectivity index (χ4v) is 2.22. The summed E-state index contributed by atoms with van der Waals surface area (Å²) in [5.74, 6) is -0.811. The number of alkyl halides is 2. The molecule has 2 aromatic carbocycles. The van der Waals surface area contributed by atoms with E-state index in [2.05, 4.69) is 20.7 Å². The average Bonchev–Trinajstić information content (AvgIpc) is 2.62. The third kappa shape index (κ3) is 5.17. The van der Waals surface area contributed by atoms with Crippen LogP contribution < -0.4 is 20.7 Å². The Morgan fingerprint density at radius 3 is 2.50 bits per heavy atom. The van der Waals surface area contributed by atoms with Crippen LogP contribution >= 0.6 is 0 Å². The maximum Gasteiger partial charge on any atom is 0.387 e. The van der Waals surface area contributed by atoms with Crippen LogP contribution in [0.4, 0.5) is 20.2 Å². The summed E-state index contributed by atoms with van der Waals surface area (Å²) in [6, 6.07) is 11.9.